The molecule has 1 rings (SSSR count). The number of carbonyl (C=O) groups is 1. The van der Waals surface area contributed by atoms with E-state index in [1.807, 2.05) is 0 Å². The van der Waals surface area contributed by atoms with Gasteiger partial charge in [-0.1, -0.05) is 0 Å². The predicted molar refractivity (Wildman–Crippen MR) is 69.6 cm³/mol. The Bertz CT molecular complexity index is 568. The smallest absolute Gasteiger partial charge is 0.251 e. The second-order valence-corrected chi connectivity index (χ2v) is 6.36. The van der Waals surface area contributed by atoms with Crippen LogP contribution in [0.4, 0.5) is 0 Å². The Hall–Kier alpha value is -1.80. The molecular weight excluding hydrogens is 272 g/mol. The number of sulfonamides is 1. The Balaban J connectivity index is 2.59. The van der Waals surface area contributed by atoms with E-state index in [0.717, 1.165) is 10.4 Å². The molecule has 0 fully saturated rings. The second kappa shape index (κ2) is 5.89. The van der Waals surface area contributed by atoms with Gasteiger partial charge in [0, 0.05) is 26.2 Å². The first kappa shape index (κ1) is 15.3. The highest BCUT2D eigenvalue weighted by Gasteiger charge is 2.14. The van der Waals surface area contributed by atoms with Gasteiger partial charge < -0.3 is 15.5 Å². The summed E-state index contributed by atoms with van der Waals surface area (Å²) >= 11 is 0. The first-order valence-electron chi connectivity index (χ1n) is 5.44. The molecule has 1 aromatic rings. The van der Waals surface area contributed by atoms with Crippen molar-refractivity contribution in [2.24, 2.45) is 0 Å². The van der Waals surface area contributed by atoms with Crippen LogP contribution in [0.2, 0.25) is 0 Å². The Morgan fingerprint density at radius 2 is 1.89 bits per heavy atom. The Morgan fingerprint density at radius 1 is 1.26 bits per heavy atom. The van der Waals surface area contributed by atoms with Crippen molar-refractivity contribution in [3.05, 3.63) is 23.8 Å². The Labute approximate surface area is 111 Å². The van der Waals surface area contributed by atoms with Gasteiger partial charge in [-0.15, -0.1) is 0 Å². The van der Waals surface area contributed by atoms with E-state index >= 15 is 0 Å². The average Bonchev–Trinajstić information content (AvgIpc) is 2.32. The van der Waals surface area contributed by atoms with Crippen molar-refractivity contribution in [2.75, 3.05) is 26.4 Å². The maximum Gasteiger partial charge on any atom is 0.251 e. The molecule has 0 bridgehead atoms. The van der Waals surface area contributed by atoms with E-state index in [9.17, 15) is 18.3 Å². The van der Waals surface area contributed by atoms with Crippen LogP contribution in [0.25, 0.3) is 0 Å². The molecule has 0 aliphatic rings. The van der Waals surface area contributed by atoms with Gasteiger partial charge in [0.05, 0.1) is 5.75 Å². The van der Waals surface area contributed by atoms with Gasteiger partial charge in [-0.3, -0.25) is 4.79 Å². The average molecular weight is 288 g/mol. The minimum Gasteiger partial charge on any atom is -0.504 e. The SMILES string of the molecule is CN(C)S(=O)(=O)CCNC(=O)c1ccc(O)c(O)c1. The predicted octanol–water partition coefficient (Wildman–Crippen LogP) is -0.281. The molecule has 0 aliphatic carbocycles. The van der Waals surface area contributed by atoms with Crippen molar-refractivity contribution in [1.82, 2.24) is 9.62 Å². The van der Waals surface area contributed by atoms with Crippen LogP contribution >= 0.6 is 0 Å². The fourth-order valence-electron chi connectivity index (χ4n) is 1.24. The number of phenolic OH excluding ortho intramolecular Hbond substituents is 2. The molecule has 1 aromatic carbocycles. The molecule has 0 saturated carbocycles. The van der Waals surface area contributed by atoms with Crippen LogP contribution in [-0.2, 0) is 10.0 Å². The summed E-state index contributed by atoms with van der Waals surface area (Å²) in [7, 11) is -0.538. The fourth-order valence-corrected chi connectivity index (χ4v) is 1.97. The topological polar surface area (TPSA) is 107 Å². The van der Waals surface area contributed by atoms with Gasteiger partial charge in [0.2, 0.25) is 10.0 Å². The summed E-state index contributed by atoms with van der Waals surface area (Å²) in [4.78, 5) is 11.7. The summed E-state index contributed by atoms with van der Waals surface area (Å²) in [6, 6.07) is 3.61. The Kier molecular flexibility index (Phi) is 4.73. The molecule has 3 N–H and O–H groups in total. The van der Waals surface area contributed by atoms with Gasteiger partial charge >= 0.3 is 0 Å². The summed E-state index contributed by atoms with van der Waals surface area (Å²) in [6.45, 7) is -0.0407. The van der Waals surface area contributed by atoms with Crippen molar-refractivity contribution in [3.8, 4) is 11.5 Å². The fraction of sp³-hybridized carbons (Fsp3) is 0.364. The number of rotatable bonds is 5. The molecule has 0 spiro atoms. The van der Waals surface area contributed by atoms with Crippen molar-refractivity contribution < 1.29 is 23.4 Å². The van der Waals surface area contributed by atoms with Crippen molar-refractivity contribution >= 4 is 15.9 Å². The number of aromatic hydroxyl groups is 2. The highest BCUT2D eigenvalue weighted by Crippen LogP contribution is 2.24. The first-order valence-corrected chi connectivity index (χ1v) is 7.05. The van der Waals surface area contributed by atoms with Gasteiger partial charge in [-0.05, 0) is 18.2 Å². The summed E-state index contributed by atoms with van der Waals surface area (Å²) in [5, 5.41) is 20.8. The molecule has 7 nitrogen and oxygen atoms in total. The minimum atomic E-state index is -3.36. The summed E-state index contributed by atoms with van der Waals surface area (Å²) < 4.78 is 24.0. The van der Waals surface area contributed by atoms with Crippen LogP contribution in [0.3, 0.4) is 0 Å². The number of nitrogens with zero attached hydrogens (tertiary/aromatic N) is 1. The third kappa shape index (κ3) is 4.11. The standard InChI is InChI=1S/C11H16N2O5S/c1-13(2)19(17,18)6-5-12-11(16)8-3-4-9(14)10(15)7-8/h3-4,7,14-15H,5-6H2,1-2H3,(H,12,16). The summed E-state index contributed by atoms with van der Waals surface area (Å²) in [5.74, 6) is -1.47. The van der Waals surface area contributed by atoms with Crippen molar-refractivity contribution in [2.45, 2.75) is 0 Å². The third-order valence-electron chi connectivity index (χ3n) is 2.44. The van der Waals surface area contributed by atoms with Crippen molar-refractivity contribution in [1.29, 1.82) is 0 Å². The lowest BCUT2D eigenvalue weighted by atomic mass is 10.2. The van der Waals surface area contributed by atoms with E-state index in [0.29, 0.717) is 0 Å². The highest BCUT2D eigenvalue weighted by atomic mass is 32.2. The molecule has 106 valence electrons. The minimum absolute atomic E-state index is 0.0407. The molecule has 0 atom stereocenters. The summed E-state index contributed by atoms with van der Waals surface area (Å²) in [5.41, 5.74) is 0.137. The molecule has 19 heavy (non-hydrogen) atoms. The second-order valence-electron chi connectivity index (χ2n) is 4.06. The van der Waals surface area contributed by atoms with Crippen LogP contribution in [-0.4, -0.2) is 55.2 Å². The van der Waals surface area contributed by atoms with E-state index < -0.39 is 21.7 Å². The van der Waals surface area contributed by atoms with Crippen LogP contribution in [0.1, 0.15) is 10.4 Å². The zero-order valence-electron chi connectivity index (χ0n) is 10.6. The molecule has 0 heterocycles. The van der Waals surface area contributed by atoms with E-state index in [-0.39, 0.29) is 23.6 Å². The molecule has 1 amide bonds. The number of phenols is 2. The lowest BCUT2D eigenvalue weighted by Gasteiger charge is -2.11. The van der Waals surface area contributed by atoms with E-state index in [1.165, 1.54) is 26.2 Å². The third-order valence-corrected chi connectivity index (χ3v) is 4.27. The normalized spacial score (nSPS) is 11.5. The first-order chi connectivity index (χ1) is 8.74. The molecule has 8 heteroatoms. The van der Waals surface area contributed by atoms with Gasteiger partial charge in [-0.2, -0.15) is 0 Å². The molecule has 0 aromatic heterocycles. The molecule has 0 saturated heterocycles. The van der Waals surface area contributed by atoms with Gasteiger partial charge in [0.1, 0.15) is 0 Å². The maximum atomic E-state index is 11.7. The summed E-state index contributed by atoms with van der Waals surface area (Å²) in [6.07, 6.45) is 0. The van der Waals surface area contributed by atoms with Gasteiger partial charge in [-0.25, -0.2) is 12.7 Å². The molecular formula is C11H16N2O5S. The number of carbonyl (C=O) groups excluding carboxylic acids is 1. The molecule has 0 aliphatic heterocycles. The van der Waals surface area contributed by atoms with Crippen molar-refractivity contribution in [3.63, 3.8) is 0 Å². The highest BCUT2D eigenvalue weighted by molar-refractivity contribution is 7.89. The number of amides is 1. The van der Waals surface area contributed by atoms with E-state index in [4.69, 9.17) is 5.11 Å². The van der Waals surface area contributed by atoms with Crippen LogP contribution in [0.15, 0.2) is 18.2 Å². The van der Waals surface area contributed by atoms with Gasteiger partial charge in [0.15, 0.2) is 11.5 Å². The van der Waals surface area contributed by atoms with Crippen LogP contribution in [0.5, 0.6) is 11.5 Å². The lowest BCUT2D eigenvalue weighted by Crippen LogP contribution is -2.33. The van der Waals surface area contributed by atoms with Gasteiger partial charge in [0.25, 0.3) is 5.91 Å². The van der Waals surface area contributed by atoms with E-state index in [2.05, 4.69) is 5.32 Å². The van der Waals surface area contributed by atoms with E-state index in [1.54, 1.807) is 0 Å². The number of hydrogen-bond acceptors (Lipinski definition) is 5. The largest absolute Gasteiger partial charge is 0.504 e. The number of nitrogens with one attached hydrogen (secondary N) is 1. The number of hydrogen-bond donors (Lipinski definition) is 3. The zero-order valence-corrected chi connectivity index (χ0v) is 11.4. The molecule has 0 unspecified atom stereocenters. The molecule has 0 radical (unpaired) electrons. The monoisotopic (exact) mass is 288 g/mol. The van der Waals surface area contributed by atoms with Crippen LogP contribution in [0, 0.1) is 0 Å². The number of benzene rings is 1. The zero-order chi connectivity index (χ0) is 14.6. The maximum absolute atomic E-state index is 11.7. The van der Waals surface area contributed by atoms with Crippen LogP contribution < -0.4 is 5.32 Å². The Morgan fingerprint density at radius 3 is 2.42 bits per heavy atom. The quantitative estimate of drug-likeness (QED) is 0.646. The lowest BCUT2D eigenvalue weighted by molar-refractivity contribution is 0.0955.